The van der Waals surface area contributed by atoms with Gasteiger partial charge in [0.1, 0.15) is 0 Å². The summed E-state index contributed by atoms with van der Waals surface area (Å²) in [5, 5.41) is 12.5. The highest BCUT2D eigenvalue weighted by Gasteiger charge is 2.24. The lowest BCUT2D eigenvalue weighted by molar-refractivity contribution is -0.125. The molecule has 24 heavy (non-hydrogen) atoms. The Bertz CT molecular complexity index is 667. The van der Waals surface area contributed by atoms with E-state index in [1.807, 2.05) is 11.8 Å². The van der Waals surface area contributed by atoms with Crippen LogP contribution in [0.2, 0.25) is 0 Å². The molecule has 130 valence electrons. The summed E-state index contributed by atoms with van der Waals surface area (Å²) in [6.07, 6.45) is 2.35. The van der Waals surface area contributed by atoms with Gasteiger partial charge in [0, 0.05) is 7.05 Å². The topological polar surface area (TPSA) is 114 Å². The van der Waals surface area contributed by atoms with E-state index in [2.05, 4.69) is 20.8 Å². The van der Waals surface area contributed by atoms with Crippen LogP contribution >= 0.6 is 0 Å². The third-order valence-corrected chi connectivity index (χ3v) is 3.44. The van der Waals surface area contributed by atoms with Crippen molar-refractivity contribution >= 4 is 11.9 Å². The molecule has 9 heteroatoms. The van der Waals surface area contributed by atoms with E-state index < -0.39 is 18.0 Å². The molecule has 0 bridgehead atoms. The average molecular weight is 335 g/mol. The molecule has 2 aromatic rings. The summed E-state index contributed by atoms with van der Waals surface area (Å²) >= 11 is 0. The first kappa shape index (κ1) is 17.7. The molecule has 0 saturated carbocycles. The molecule has 2 heterocycles. The summed E-state index contributed by atoms with van der Waals surface area (Å²) in [4.78, 5) is 25.3. The average Bonchev–Trinajstić information content (AvgIpc) is 3.24. The molecule has 0 unspecified atom stereocenters. The van der Waals surface area contributed by atoms with Gasteiger partial charge in [-0.15, -0.1) is 10.2 Å². The molecule has 2 rings (SSSR count). The first-order chi connectivity index (χ1) is 11.5. The highest BCUT2D eigenvalue weighted by Crippen LogP contribution is 2.19. The maximum Gasteiger partial charge on any atom is 0.321 e. The van der Waals surface area contributed by atoms with Gasteiger partial charge in [-0.05, 0) is 32.0 Å². The van der Waals surface area contributed by atoms with Crippen molar-refractivity contribution < 1.29 is 18.4 Å². The lowest BCUT2D eigenvalue weighted by Crippen LogP contribution is -2.49. The number of urea groups is 1. The zero-order valence-electron chi connectivity index (χ0n) is 13.9. The summed E-state index contributed by atoms with van der Waals surface area (Å²) in [5.41, 5.74) is 0. The van der Waals surface area contributed by atoms with Gasteiger partial charge >= 0.3 is 6.03 Å². The molecular formula is C15H21N5O4. The van der Waals surface area contributed by atoms with E-state index in [9.17, 15) is 9.59 Å². The van der Waals surface area contributed by atoms with Gasteiger partial charge in [-0.2, -0.15) is 0 Å². The van der Waals surface area contributed by atoms with Crippen LogP contribution in [-0.4, -0.2) is 46.7 Å². The van der Waals surface area contributed by atoms with E-state index in [0.29, 0.717) is 24.7 Å². The normalized spacial score (nSPS) is 12.2. The van der Waals surface area contributed by atoms with E-state index in [4.69, 9.17) is 8.83 Å². The number of carbonyl (C=O) groups is 2. The molecule has 0 fully saturated rings. The number of aromatic nitrogens is 2. The first-order valence-corrected chi connectivity index (χ1v) is 7.68. The van der Waals surface area contributed by atoms with E-state index in [1.54, 1.807) is 19.1 Å². The maximum atomic E-state index is 12.1. The quantitative estimate of drug-likeness (QED) is 0.786. The van der Waals surface area contributed by atoms with Crippen LogP contribution in [0.15, 0.2) is 27.2 Å². The molecule has 0 aliphatic carbocycles. The van der Waals surface area contributed by atoms with Gasteiger partial charge in [-0.3, -0.25) is 15.0 Å². The Hall–Kier alpha value is -2.68. The molecule has 2 aromatic heterocycles. The Labute approximate surface area is 139 Å². The second kappa shape index (κ2) is 8.25. The largest absolute Gasteiger partial charge is 0.459 e. The molecule has 0 aliphatic rings. The molecule has 9 nitrogen and oxygen atoms in total. The minimum absolute atomic E-state index is 0.286. The van der Waals surface area contributed by atoms with Gasteiger partial charge in [0.05, 0.1) is 18.8 Å². The molecule has 2 N–H and O–H groups in total. The summed E-state index contributed by atoms with van der Waals surface area (Å²) in [6, 6.07) is 2.39. The van der Waals surface area contributed by atoms with Crippen molar-refractivity contribution in [3.05, 3.63) is 24.3 Å². The minimum atomic E-state index is -0.541. The van der Waals surface area contributed by atoms with Crippen molar-refractivity contribution in [1.29, 1.82) is 0 Å². The summed E-state index contributed by atoms with van der Waals surface area (Å²) in [6.45, 7) is 4.65. The van der Waals surface area contributed by atoms with Crippen molar-refractivity contribution in [2.75, 3.05) is 13.6 Å². The number of hydrogen-bond acceptors (Lipinski definition) is 7. The number of rotatable bonds is 7. The van der Waals surface area contributed by atoms with Gasteiger partial charge in [-0.25, -0.2) is 4.79 Å². The van der Waals surface area contributed by atoms with Crippen LogP contribution in [0.25, 0.3) is 11.7 Å². The maximum absolute atomic E-state index is 12.1. The fourth-order valence-electron chi connectivity index (χ4n) is 2.13. The fraction of sp³-hybridized carbons (Fsp3) is 0.467. The minimum Gasteiger partial charge on any atom is -0.459 e. The van der Waals surface area contributed by atoms with E-state index in [0.717, 1.165) is 6.42 Å². The SMILES string of the molecule is CCCN(Cc1nnc(-c2ccco2)o1)[C@@H](C)C(=O)NC(=O)NC. The van der Waals surface area contributed by atoms with Crippen LogP contribution in [0.1, 0.15) is 26.2 Å². The zero-order chi connectivity index (χ0) is 17.5. The number of imide groups is 1. The predicted octanol–water partition coefficient (Wildman–Crippen LogP) is 1.39. The Morgan fingerprint density at radius 1 is 1.38 bits per heavy atom. The lowest BCUT2D eigenvalue weighted by Gasteiger charge is -2.26. The molecule has 0 saturated heterocycles. The van der Waals surface area contributed by atoms with Gasteiger partial charge < -0.3 is 14.2 Å². The molecule has 0 spiro atoms. The van der Waals surface area contributed by atoms with Crippen LogP contribution in [-0.2, 0) is 11.3 Å². The van der Waals surface area contributed by atoms with Gasteiger partial charge in [0.2, 0.25) is 11.8 Å². The Kier molecular flexibility index (Phi) is 6.07. The summed E-state index contributed by atoms with van der Waals surface area (Å²) < 4.78 is 10.8. The fourth-order valence-corrected chi connectivity index (χ4v) is 2.13. The van der Waals surface area contributed by atoms with Crippen LogP contribution in [0.4, 0.5) is 4.79 Å². The van der Waals surface area contributed by atoms with E-state index >= 15 is 0 Å². The molecule has 0 aromatic carbocycles. The summed E-state index contributed by atoms with van der Waals surface area (Å²) in [7, 11) is 1.45. The van der Waals surface area contributed by atoms with Crippen molar-refractivity contribution in [3.8, 4) is 11.7 Å². The highest BCUT2D eigenvalue weighted by molar-refractivity contribution is 5.96. The second-order valence-corrected chi connectivity index (χ2v) is 5.19. The Morgan fingerprint density at radius 3 is 2.79 bits per heavy atom. The monoisotopic (exact) mass is 335 g/mol. The lowest BCUT2D eigenvalue weighted by atomic mass is 10.2. The molecular weight excluding hydrogens is 314 g/mol. The first-order valence-electron chi connectivity index (χ1n) is 7.68. The third-order valence-electron chi connectivity index (χ3n) is 3.44. The van der Waals surface area contributed by atoms with Crippen molar-refractivity contribution in [2.45, 2.75) is 32.9 Å². The van der Waals surface area contributed by atoms with Gasteiger partial charge in [0.15, 0.2) is 5.76 Å². The van der Waals surface area contributed by atoms with Gasteiger partial charge in [0.25, 0.3) is 5.89 Å². The molecule has 1 atom stereocenters. The second-order valence-electron chi connectivity index (χ2n) is 5.19. The van der Waals surface area contributed by atoms with Crippen molar-refractivity contribution in [2.24, 2.45) is 0 Å². The number of nitrogens with zero attached hydrogens (tertiary/aromatic N) is 3. The molecule has 0 radical (unpaired) electrons. The van der Waals surface area contributed by atoms with Crippen LogP contribution in [0, 0.1) is 0 Å². The van der Waals surface area contributed by atoms with Crippen LogP contribution in [0.5, 0.6) is 0 Å². The number of hydrogen-bond donors (Lipinski definition) is 2. The van der Waals surface area contributed by atoms with E-state index in [-0.39, 0.29) is 5.89 Å². The van der Waals surface area contributed by atoms with Gasteiger partial charge in [-0.1, -0.05) is 6.92 Å². The van der Waals surface area contributed by atoms with Crippen LogP contribution in [0.3, 0.4) is 0 Å². The van der Waals surface area contributed by atoms with Crippen molar-refractivity contribution in [3.63, 3.8) is 0 Å². The predicted molar refractivity (Wildman–Crippen MR) is 84.8 cm³/mol. The number of carbonyl (C=O) groups excluding carboxylic acids is 2. The number of nitrogens with one attached hydrogen (secondary N) is 2. The third kappa shape index (κ3) is 4.42. The smallest absolute Gasteiger partial charge is 0.321 e. The highest BCUT2D eigenvalue weighted by atomic mass is 16.4. The zero-order valence-corrected chi connectivity index (χ0v) is 13.9. The molecule has 3 amide bonds. The summed E-state index contributed by atoms with van der Waals surface area (Å²) in [5.74, 6) is 0.748. The molecule has 0 aliphatic heterocycles. The standard InChI is InChI=1S/C15H21N5O4/c1-4-7-20(10(2)13(21)17-15(22)16-3)9-12-18-19-14(24-12)11-6-5-8-23-11/h5-6,8,10H,4,7,9H2,1-3H3,(H2,16,17,21,22)/t10-/m0/s1. The number of furan rings is 1. The Morgan fingerprint density at radius 2 is 2.17 bits per heavy atom. The van der Waals surface area contributed by atoms with Crippen molar-refractivity contribution in [1.82, 2.24) is 25.7 Å². The van der Waals surface area contributed by atoms with Crippen LogP contribution < -0.4 is 10.6 Å². The number of amides is 3. The Balaban J connectivity index is 2.05. The van der Waals surface area contributed by atoms with E-state index in [1.165, 1.54) is 13.3 Å².